The molecular formula is C27H32. The van der Waals surface area contributed by atoms with Gasteiger partial charge in [0.25, 0.3) is 0 Å². The number of aryl methyl sites for hydroxylation is 2. The number of hydrogen-bond acceptors (Lipinski definition) is 0. The largest absolute Gasteiger partial charge is 0.0646 e. The van der Waals surface area contributed by atoms with E-state index in [2.05, 4.69) is 90.1 Å². The third kappa shape index (κ3) is 2.64. The summed E-state index contributed by atoms with van der Waals surface area (Å²) >= 11 is 0. The van der Waals surface area contributed by atoms with Gasteiger partial charge in [-0.15, -0.1) is 0 Å². The van der Waals surface area contributed by atoms with Crippen LogP contribution in [0.1, 0.15) is 86.8 Å². The van der Waals surface area contributed by atoms with Crippen LogP contribution in [-0.2, 0) is 12.8 Å². The van der Waals surface area contributed by atoms with Crippen LogP contribution in [-0.4, -0.2) is 0 Å². The van der Waals surface area contributed by atoms with E-state index >= 15 is 0 Å². The van der Waals surface area contributed by atoms with Gasteiger partial charge in [0.05, 0.1) is 0 Å². The first-order chi connectivity index (χ1) is 12.9. The van der Waals surface area contributed by atoms with Crippen LogP contribution in [0.25, 0.3) is 12.2 Å². The monoisotopic (exact) mass is 356 g/mol. The minimum Gasteiger partial charge on any atom is -0.0646 e. The number of hydrogen-bond donors (Lipinski definition) is 0. The topological polar surface area (TPSA) is 0 Å². The second kappa shape index (κ2) is 6.51. The van der Waals surface area contributed by atoms with Gasteiger partial charge in [0, 0.05) is 11.8 Å². The van der Waals surface area contributed by atoms with Crippen molar-refractivity contribution in [1.29, 1.82) is 0 Å². The maximum atomic E-state index is 2.48. The molecule has 0 heteroatoms. The average Bonchev–Trinajstić information content (AvgIpc) is 3.17. The molecule has 2 aliphatic carbocycles. The summed E-state index contributed by atoms with van der Waals surface area (Å²) in [6.07, 6.45) is 7.12. The Morgan fingerprint density at radius 2 is 1.11 bits per heavy atom. The zero-order chi connectivity index (χ0) is 19.3. The quantitative estimate of drug-likeness (QED) is 0.531. The Labute approximate surface area is 165 Å². The maximum absolute atomic E-state index is 2.48. The molecule has 27 heavy (non-hydrogen) atoms. The average molecular weight is 357 g/mol. The fourth-order valence-corrected chi connectivity index (χ4v) is 5.99. The highest BCUT2D eigenvalue weighted by Crippen LogP contribution is 2.58. The molecule has 0 radical (unpaired) electrons. The van der Waals surface area contributed by atoms with Crippen LogP contribution < -0.4 is 0 Å². The molecule has 0 fully saturated rings. The molecule has 0 saturated carbocycles. The van der Waals surface area contributed by atoms with Gasteiger partial charge in [0.15, 0.2) is 0 Å². The molecule has 140 valence electrons. The van der Waals surface area contributed by atoms with Gasteiger partial charge in [-0.25, -0.2) is 0 Å². The van der Waals surface area contributed by atoms with Crippen molar-refractivity contribution in [2.75, 3.05) is 0 Å². The van der Waals surface area contributed by atoms with Crippen molar-refractivity contribution >= 4 is 12.2 Å². The predicted octanol–water partition coefficient (Wildman–Crippen LogP) is 7.54. The summed E-state index contributed by atoms with van der Waals surface area (Å²) in [5.41, 5.74) is 12.2. The van der Waals surface area contributed by atoms with Crippen LogP contribution in [0.15, 0.2) is 47.5 Å². The molecular weight excluding hydrogens is 324 g/mol. The van der Waals surface area contributed by atoms with Crippen molar-refractivity contribution in [3.8, 4) is 0 Å². The fourth-order valence-electron chi connectivity index (χ4n) is 5.99. The van der Waals surface area contributed by atoms with E-state index in [9.17, 15) is 0 Å². The number of allylic oxidation sites excluding steroid dienone is 2. The van der Waals surface area contributed by atoms with E-state index in [0.29, 0.717) is 11.8 Å². The first-order valence-electron chi connectivity index (χ1n) is 10.5. The Morgan fingerprint density at radius 1 is 0.704 bits per heavy atom. The molecule has 2 aromatic rings. The Balaban J connectivity index is 1.84. The van der Waals surface area contributed by atoms with Gasteiger partial charge in [-0.1, -0.05) is 87.4 Å². The standard InChI is InChI=1S/C27H32/c1-7-19-11-9-13-21-23(19)15-17(3)25(21)27(5,6)26-18(4)16-24-20(8-2)12-10-14-22(24)26/h9-16,25-26H,7-8H2,1-6H3. The molecule has 2 atom stereocenters. The third-order valence-corrected chi connectivity index (χ3v) is 6.99. The van der Waals surface area contributed by atoms with Crippen LogP contribution in [0.2, 0.25) is 0 Å². The van der Waals surface area contributed by atoms with Crippen molar-refractivity contribution < 1.29 is 0 Å². The summed E-state index contributed by atoms with van der Waals surface area (Å²) in [5, 5.41) is 0. The molecule has 0 aliphatic heterocycles. The summed E-state index contributed by atoms with van der Waals surface area (Å²) in [5.74, 6) is 0.951. The van der Waals surface area contributed by atoms with Gasteiger partial charge in [-0.2, -0.15) is 0 Å². The summed E-state index contributed by atoms with van der Waals surface area (Å²) in [7, 11) is 0. The Kier molecular flexibility index (Phi) is 4.41. The summed E-state index contributed by atoms with van der Waals surface area (Å²) in [6.45, 7) is 14.2. The van der Waals surface area contributed by atoms with E-state index in [4.69, 9.17) is 0 Å². The highest BCUT2D eigenvalue weighted by Gasteiger charge is 2.45. The van der Waals surface area contributed by atoms with E-state index in [0.717, 1.165) is 12.8 Å². The molecule has 0 N–H and O–H groups in total. The molecule has 0 bridgehead atoms. The van der Waals surface area contributed by atoms with Crippen LogP contribution in [0.4, 0.5) is 0 Å². The van der Waals surface area contributed by atoms with Crippen LogP contribution in [0.3, 0.4) is 0 Å². The normalized spacial score (nSPS) is 21.0. The summed E-state index contributed by atoms with van der Waals surface area (Å²) in [6, 6.07) is 13.8. The number of fused-ring (bicyclic) bond motifs is 2. The molecule has 0 nitrogen and oxygen atoms in total. The Morgan fingerprint density at radius 3 is 1.48 bits per heavy atom. The van der Waals surface area contributed by atoms with Crippen LogP contribution in [0.5, 0.6) is 0 Å². The van der Waals surface area contributed by atoms with Gasteiger partial charge in [0.2, 0.25) is 0 Å². The van der Waals surface area contributed by atoms with E-state index in [1.54, 1.807) is 0 Å². The van der Waals surface area contributed by atoms with Crippen LogP contribution >= 0.6 is 0 Å². The highest BCUT2D eigenvalue weighted by molar-refractivity contribution is 5.73. The van der Waals surface area contributed by atoms with Crippen LogP contribution in [0, 0.1) is 5.41 Å². The molecule has 0 heterocycles. The number of rotatable bonds is 4. The lowest BCUT2D eigenvalue weighted by Crippen LogP contribution is -2.29. The predicted molar refractivity (Wildman–Crippen MR) is 118 cm³/mol. The summed E-state index contributed by atoms with van der Waals surface area (Å²) in [4.78, 5) is 0. The second-order valence-electron chi connectivity index (χ2n) is 9.01. The molecule has 0 amide bonds. The van der Waals surface area contributed by atoms with Crippen molar-refractivity contribution in [2.45, 2.75) is 66.2 Å². The Hall–Kier alpha value is -2.08. The van der Waals surface area contributed by atoms with E-state index in [-0.39, 0.29) is 5.41 Å². The molecule has 2 aliphatic rings. The van der Waals surface area contributed by atoms with E-state index in [1.165, 1.54) is 44.5 Å². The molecule has 2 unspecified atom stereocenters. The second-order valence-corrected chi connectivity index (χ2v) is 9.01. The molecule has 0 saturated heterocycles. The summed E-state index contributed by atoms with van der Waals surface area (Å²) < 4.78 is 0. The van der Waals surface area contributed by atoms with Gasteiger partial charge in [-0.05, 0) is 65.5 Å². The minimum atomic E-state index is 0.135. The van der Waals surface area contributed by atoms with E-state index in [1.807, 2.05) is 0 Å². The van der Waals surface area contributed by atoms with Gasteiger partial charge >= 0.3 is 0 Å². The molecule has 0 aromatic heterocycles. The lowest BCUT2D eigenvalue weighted by Gasteiger charge is -2.41. The number of benzene rings is 2. The lowest BCUT2D eigenvalue weighted by atomic mass is 9.62. The van der Waals surface area contributed by atoms with Crippen molar-refractivity contribution in [3.63, 3.8) is 0 Å². The lowest BCUT2D eigenvalue weighted by molar-refractivity contribution is 0.275. The molecule has 2 aromatic carbocycles. The van der Waals surface area contributed by atoms with Gasteiger partial charge < -0.3 is 0 Å². The fraction of sp³-hybridized carbons (Fsp3) is 0.407. The van der Waals surface area contributed by atoms with Gasteiger partial charge in [-0.3, -0.25) is 0 Å². The van der Waals surface area contributed by atoms with Gasteiger partial charge in [0.1, 0.15) is 0 Å². The molecule has 0 spiro atoms. The first kappa shape index (κ1) is 18.3. The van der Waals surface area contributed by atoms with Crippen molar-refractivity contribution in [1.82, 2.24) is 0 Å². The van der Waals surface area contributed by atoms with Crippen molar-refractivity contribution in [3.05, 3.63) is 80.9 Å². The smallest absolute Gasteiger partial charge is 0.0115 e. The zero-order valence-electron chi connectivity index (χ0n) is 17.7. The first-order valence-corrected chi connectivity index (χ1v) is 10.5. The highest BCUT2D eigenvalue weighted by atomic mass is 14.5. The Bertz CT molecular complexity index is 874. The van der Waals surface area contributed by atoms with Crippen molar-refractivity contribution in [2.24, 2.45) is 5.41 Å². The molecule has 4 rings (SSSR count). The zero-order valence-corrected chi connectivity index (χ0v) is 17.7. The third-order valence-electron chi connectivity index (χ3n) is 6.99. The van der Waals surface area contributed by atoms with E-state index < -0.39 is 0 Å². The maximum Gasteiger partial charge on any atom is 0.0115 e. The minimum absolute atomic E-state index is 0.135. The SMILES string of the molecule is CCc1cccc2c1C=C(C)C2C(C)(C)C1C(C)=Cc2c(CC)cccc21.